The lowest BCUT2D eigenvalue weighted by Crippen LogP contribution is -1.99. The molecule has 0 fully saturated rings. The van der Waals surface area contributed by atoms with E-state index in [-0.39, 0.29) is 1.43 Å². The van der Waals surface area contributed by atoms with Gasteiger partial charge >= 0.3 is 0 Å². The summed E-state index contributed by atoms with van der Waals surface area (Å²) in [6.45, 7) is 0. The highest BCUT2D eigenvalue weighted by Gasteiger charge is 2.05. The van der Waals surface area contributed by atoms with Gasteiger partial charge in [-0.05, 0) is 4.78 Å². The summed E-state index contributed by atoms with van der Waals surface area (Å²) in [5.41, 5.74) is 2.87. The molecule has 0 saturated carbocycles. The van der Waals surface area contributed by atoms with Crippen LogP contribution in [0.15, 0.2) is 60.7 Å². The molecule has 0 heterocycles. The quantitative estimate of drug-likeness (QED) is 0.651. The molecule has 14 heavy (non-hydrogen) atoms. The maximum absolute atomic E-state index is 2.21. The molecule has 0 aliphatic rings. The maximum Gasteiger partial charge on any atom is 0.230 e. The fourth-order valence-corrected chi connectivity index (χ4v) is 2.45. The van der Waals surface area contributed by atoms with Crippen molar-refractivity contribution in [2.75, 3.05) is 0 Å². The Labute approximate surface area is 94.5 Å². The van der Waals surface area contributed by atoms with E-state index in [0.717, 1.165) is 16.3 Å². The van der Waals surface area contributed by atoms with Crippen LogP contribution >= 0.6 is 0 Å². The van der Waals surface area contributed by atoms with Gasteiger partial charge < -0.3 is 0 Å². The molecule has 0 saturated heterocycles. The Hall–Kier alpha value is -1.03. The molecule has 0 aliphatic carbocycles. The molecule has 0 bridgehead atoms. The average Bonchev–Trinajstić information content (AvgIpc) is 2.30. The van der Waals surface area contributed by atoms with Crippen LogP contribution in [0.2, 0.25) is 0 Å². The summed E-state index contributed by atoms with van der Waals surface area (Å²) in [7, 11) is 0. The maximum atomic E-state index is 2.21. The number of hydrogen-bond donors (Lipinski definition) is 0. The molecule has 0 radical (unpaired) electrons. The second kappa shape index (κ2) is 4.46. The second-order valence-electron chi connectivity index (χ2n) is 3.54. The minimum absolute atomic E-state index is 0. The van der Waals surface area contributed by atoms with Gasteiger partial charge in [0.05, 0.1) is 0 Å². The van der Waals surface area contributed by atoms with E-state index < -0.39 is 0 Å². The van der Waals surface area contributed by atoms with Crippen molar-refractivity contribution in [3.05, 3.63) is 71.8 Å². The molecule has 1 heteroatoms. The topological polar surface area (TPSA) is 0 Å². The van der Waals surface area contributed by atoms with Crippen molar-refractivity contribution < 1.29 is 1.43 Å². The van der Waals surface area contributed by atoms with Crippen molar-refractivity contribution >= 4 is 16.3 Å². The third-order valence-electron chi connectivity index (χ3n) is 2.60. The zero-order chi connectivity index (χ0) is 9.80. The zero-order valence-electron chi connectivity index (χ0n) is 8.35. The van der Waals surface area contributed by atoms with Crippen LogP contribution in [-0.2, 0) is 0 Å². The molecule has 0 nitrogen and oxygen atoms in total. The highest BCUT2D eigenvalue weighted by Crippen LogP contribution is 2.20. The Bertz CT molecular complexity index is 346. The fraction of sp³-hybridized carbons (Fsp3) is 0.0769. The van der Waals surface area contributed by atoms with Crippen LogP contribution < -0.4 is 0 Å². The van der Waals surface area contributed by atoms with Gasteiger partial charge in [-0.15, -0.1) is 0 Å². The minimum atomic E-state index is 0. The van der Waals surface area contributed by atoms with Crippen molar-refractivity contribution in [3.63, 3.8) is 0 Å². The van der Waals surface area contributed by atoms with Crippen molar-refractivity contribution in [1.29, 1.82) is 0 Å². The van der Waals surface area contributed by atoms with Crippen LogP contribution in [0.1, 0.15) is 17.3 Å². The third kappa shape index (κ3) is 2.07. The predicted molar refractivity (Wildman–Crippen MR) is 65.4 cm³/mol. The van der Waals surface area contributed by atoms with Gasteiger partial charge in [-0.3, -0.25) is 0 Å². The van der Waals surface area contributed by atoms with Gasteiger partial charge in [0, 0.05) is 1.43 Å². The van der Waals surface area contributed by atoms with E-state index in [2.05, 4.69) is 60.7 Å². The van der Waals surface area contributed by atoms with Crippen LogP contribution in [0.5, 0.6) is 0 Å². The molecule has 2 rings (SSSR count). The number of benzene rings is 2. The van der Waals surface area contributed by atoms with Gasteiger partial charge in [0.1, 0.15) is 0 Å². The molecule has 0 aromatic heterocycles. The van der Waals surface area contributed by atoms with E-state index in [1.54, 1.807) is 0 Å². The average molecular weight is 198 g/mol. The summed E-state index contributed by atoms with van der Waals surface area (Å²) in [5.74, 6) is 0. The molecule has 0 amide bonds. The van der Waals surface area contributed by atoms with Crippen LogP contribution in [0, 0.1) is 0 Å². The van der Waals surface area contributed by atoms with Gasteiger partial charge in [-0.1, -0.05) is 71.8 Å². The molecular weight excluding hydrogens is 183 g/mol. The first-order valence-corrected chi connectivity index (χ1v) is 6.13. The zero-order valence-corrected chi connectivity index (χ0v) is 10.4. The lowest BCUT2D eigenvalue weighted by atomic mass is 10.0. The Balaban J connectivity index is 0.00000112. The van der Waals surface area contributed by atoms with E-state index in [1.807, 2.05) is 0 Å². The van der Waals surface area contributed by atoms with Crippen molar-refractivity contribution in [2.24, 2.45) is 0 Å². The Kier molecular flexibility index (Phi) is 3.04. The van der Waals surface area contributed by atoms with Crippen molar-refractivity contribution in [3.8, 4) is 0 Å². The Morgan fingerprint density at radius 1 is 0.714 bits per heavy atom. The summed E-state index contributed by atoms with van der Waals surface area (Å²) in [4.78, 5) is 0. The molecule has 0 aliphatic heterocycles. The fourth-order valence-electron chi connectivity index (χ4n) is 1.68. The summed E-state index contributed by atoms with van der Waals surface area (Å²) >= 11 is 1.16. The van der Waals surface area contributed by atoms with Gasteiger partial charge in [0.2, 0.25) is 16.3 Å². The van der Waals surface area contributed by atoms with Gasteiger partial charge in [-0.2, -0.15) is 0 Å². The molecule has 0 atom stereocenters. The van der Waals surface area contributed by atoms with Crippen LogP contribution in [0.3, 0.4) is 0 Å². The molecule has 0 unspecified atom stereocenters. The summed E-state index contributed by atoms with van der Waals surface area (Å²) in [6.07, 6.45) is 0. The van der Waals surface area contributed by atoms with E-state index in [1.165, 1.54) is 11.1 Å². The van der Waals surface area contributed by atoms with Crippen molar-refractivity contribution in [1.82, 2.24) is 0 Å². The Morgan fingerprint density at radius 3 is 1.43 bits per heavy atom. The molecule has 2 aromatic rings. The van der Waals surface area contributed by atoms with E-state index >= 15 is 0 Å². The van der Waals surface area contributed by atoms with E-state index in [9.17, 15) is 0 Å². The normalized spacial score (nSPS) is 10.4. The SMILES string of the molecule is [AlH2][CH](c1ccccc1)c1ccccc1.[HH]. The summed E-state index contributed by atoms with van der Waals surface area (Å²) in [6, 6.07) is 21.5. The lowest BCUT2D eigenvalue weighted by Gasteiger charge is -2.11. The standard InChI is InChI=1S/C13H11.Al.H2.2H/c1-3-7-12(8-4-1)11-13-9-5-2-6-10-13;;;;/h1-11H;;1H;;. The monoisotopic (exact) mass is 198 g/mol. The molecule has 70 valence electrons. The molecule has 0 spiro atoms. The molecular formula is C13H15Al. The third-order valence-corrected chi connectivity index (χ3v) is 3.93. The first-order chi connectivity index (χ1) is 6.88. The predicted octanol–water partition coefficient (Wildman–Crippen LogP) is 2.66. The highest BCUT2D eigenvalue weighted by molar-refractivity contribution is 6.14. The van der Waals surface area contributed by atoms with Gasteiger partial charge in [0.25, 0.3) is 0 Å². The van der Waals surface area contributed by atoms with E-state index in [4.69, 9.17) is 0 Å². The smallest absolute Gasteiger partial charge is 0.0622 e. The highest BCUT2D eigenvalue weighted by atomic mass is 27.0. The van der Waals surface area contributed by atoms with Gasteiger partial charge in [0.15, 0.2) is 0 Å². The first-order valence-electron chi connectivity index (χ1n) is 4.98. The van der Waals surface area contributed by atoms with Crippen molar-refractivity contribution in [2.45, 2.75) is 4.78 Å². The summed E-state index contributed by atoms with van der Waals surface area (Å²) < 4.78 is 0.623. The Morgan fingerprint density at radius 2 is 1.07 bits per heavy atom. The molecule has 2 aromatic carbocycles. The lowest BCUT2D eigenvalue weighted by molar-refractivity contribution is 1.14. The van der Waals surface area contributed by atoms with E-state index in [0.29, 0.717) is 4.78 Å². The van der Waals surface area contributed by atoms with Gasteiger partial charge in [-0.25, -0.2) is 0 Å². The van der Waals surface area contributed by atoms with Crippen LogP contribution in [0.4, 0.5) is 0 Å². The molecule has 0 N–H and O–H groups in total. The number of hydrogen-bond acceptors (Lipinski definition) is 0. The largest absolute Gasteiger partial charge is 0.230 e. The minimum Gasteiger partial charge on any atom is -0.0622 e. The van der Waals surface area contributed by atoms with Crippen LogP contribution in [-0.4, -0.2) is 16.3 Å². The second-order valence-corrected chi connectivity index (χ2v) is 4.70. The van der Waals surface area contributed by atoms with Crippen LogP contribution in [0.25, 0.3) is 0 Å². The first kappa shape index (κ1) is 9.52. The summed E-state index contributed by atoms with van der Waals surface area (Å²) in [5, 5.41) is 0. The number of rotatable bonds is 2.